The highest BCUT2D eigenvalue weighted by molar-refractivity contribution is 5.85. The average Bonchev–Trinajstić information content (AvgIpc) is 2.94. The van der Waals surface area contributed by atoms with Crippen LogP contribution < -0.4 is 4.90 Å². The summed E-state index contributed by atoms with van der Waals surface area (Å²) in [6.07, 6.45) is -2.46. The largest absolute Gasteiger partial charge is 0.458 e. The maximum absolute atomic E-state index is 14.8. The number of hydrogen-bond acceptors (Lipinski definition) is 8. The van der Waals surface area contributed by atoms with Gasteiger partial charge in [0.25, 0.3) is 0 Å². The number of likely N-dealkylation sites (N-methyl/N-ethyl adjacent to an activating group) is 1. The Hall–Kier alpha value is -3.66. The first-order valence-corrected chi connectivity index (χ1v) is 14.2. The molecule has 1 fully saturated rings. The molecule has 1 amide bonds. The lowest BCUT2D eigenvalue weighted by Gasteiger charge is -2.32. The number of ether oxygens (including phenoxy) is 4. The SMILES string of the molecule is CN(C(=O)OC(C)(C)C)[C@@H](CC(C)(C)F)C(=O)O[C@H](Cc1ccc(N2CCOCC2)cc1)C(=O)OCc1ccccc1. The minimum Gasteiger partial charge on any atom is -0.458 e. The van der Waals surface area contributed by atoms with E-state index in [9.17, 15) is 18.8 Å². The minimum absolute atomic E-state index is 0.0115. The van der Waals surface area contributed by atoms with Crippen LogP contribution in [0, 0.1) is 0 Å². The van der Waals surface area contributed by atoms with Crippen LogP contribution in [0.2, 0.25) is 0 Å². The molecule has 0 unspecified atom stereocenters. The highest BCUT2D eigenvalue weighted by atomic mass is 19.1. The number of esters is 2. The monoisotopic (exact) mass is 586 g/mol. The Morgan fingerprint density at radius 3 is 2.12 bits per heavy atom. The molecular weight excluding hydrogens is 543 g/mol. The number of nitrogens with zero attached hydrogens (tertiary/aromatic N) is 2. The van der Waals surface area contributed by atoms with Gasteiger partial charge in [0, 0.05) is 38.7 Å². The molecule has 1 heterocycles. The zero-order chi connectivity index (χ0) is 30.9. The van der Waals surface area contributed by atoms with Crippen molar-refractivity contribution in [2.75, 3.05) is 38.3 Å². The number of halogens is 1. The summed E-state index contributed by atoms with van der Waals surface area (Å²) in [5.41, 5.74) is -0.121. The van der Waals surface area contributed by atoms with Gasteiger partial charge < -0.3 is 23.8 Å². The van der Waals surface area contributed by atoms with Crippen LogP contribution in [0.1, 0.15) is 52.2 Å². The molecule has 1 saturated heterocycles. The smallest absolute Gasteiger partial charge is 0.410 e. The first-order valence-electron chi connectivity index (χ1n) is 14.2. The fourth-order valence-corrected chi connectivity index (χ4v) is 4.39. The van der Waals surface area contributed by atoms with Gasteiger partial charge in [0.15, 0.2) is 0 Å². The van der Waals surface area contributed by atoms with E-state index in [0.717, 1.165) is 34.8 Å². The van der Waals surface area contributed by atoms with Crippen molar-refractivity contribution in [1.29, 1.82) is 0 Å². The molecule has 0 aromatic heterocycles. The van der Waals surface area contributed by atoms with Gasteiger partial charge in [0.2, 0.25) is 6.10 Å². The van der Waals surface area contributed by atoms with Crippen molar-refractivity contribution >= 4 is 23.7 Å². The number of hydrogen-bond donors (Lipinski definition) is 0. The van der Waals surface area contributed by atoms with Crippen LogP contribution in [0.15, 0.2) is 54.6 Å². The molecule has 2 aromatic rings. The van der Waals surface area contributed by atoms with E-state index in [1.807, 2.05) is 54.6 Å². The van der Waals surface area contributed by atoms with Crippen LogP contribution in [-0.4, -0.2) is 79.7 Å². The number of alkyl halides is 1. The number of anilines is 1. The molecule has 1 aliphatic rings. The Morgan fingerprint density at radius 1 is 0.929 bits per heavy atom. The molecule has 1 aliphatic heterocycles. The van der Waals surface area contributed by atoms with Gasteiger partial charge in [-0.15, -0.1) is 0 Å². The van der Waals surface area contributed by atoms with Gasteiger partial charge in [-0.1, -0.05) is 42.5 Å². The maximum atomic E-state index is 14.8. The van der Waals surface area contributed by atoms with Gasteiger partial charge in [-0.05, 0) is 57.9 Å². The summed E-state index contributed by atoms with van der Waals surface area (Å²) in [5.74, 6) is -1.68. The second kappa shape index (κ2) is 14.5. The lowest BCUT2D eigenvalue weighted by molar-refractivity contribution is -0.172. The molecule has 10 heteroatoms. The lowest BCUT2D eigenvalue weighted by atomic mass is 10.00. The van der Waals surface area contributed by atoms with Crippen LogP contribution in [0.25, 0.3) is 0 Å². The molecule has 0 spiro atoms. The van der Waals surface area contributed by atoms with Crippen molar-refractivity contribution in [3.05, 3.63) is 65.7 Å². The number of carbonyl (C=O) groups is 3. The van der Waals surface area contributed by atoms with E-state index < -0.39 is 41.4 Å². The Balaban J connectivity index is 1.81. The van der Waals surface area contributed by atoms with Crippen LogP contribution in [0.4, 0.5) is 14.9 Å². The minimum atomic E-state index is -1.82. The van der Waals surface area contributed by atoms with E-state index in [0.29, 0.717) is 13.2 Å². The fourth-order valence-electron chi connectivity index (χ4n) is 4.39. The molecule has 3 rings (SSSR count). The number of rotatable bonds is 11. The molecule has 2 atom stereocenters. The number of amides is 1. The van der Waals surface area contributed by atoms with Gasteiger partial charge in [-0.25, -0.2) is 18.8 Å². The van der Waals surface area contributed by atoms with Gasteiger partial charge in [-0.2, -0.15) is 0 Å². The highest BCUT2D eigenvalue weighted by Crippen LogP contribution is 2.24. The van der Waals surface area contributed by atoms with Gasteiger partial charge in [-0.3, -0.25) is 4.90 Å². The van der Waals surface area contributed by atoms with Crippen molar-refractivity contribution < 1.29 is 37.7 Å². The summed E-state index contributed by atoms with van der Waals surface area (Å²) in [5, 5.41) is 0. The third kappa shape index (κ3) is 10.6. The normalized spacial score (nSPS) is 15.4. The molecule has 230 valence electrons. The Kier molecular flexibility index (Phi) is 11.3. The van der Waals surface area contributed by atoms with E-state index in [4.69, 9.17) is 18.9 Å². The van der Waals surface area contributed by atoms with Crippen LogP contribution in [0.5, 0.6) is 0 Å². The molecule has 0 bridgehead atoms. The third-order valence-electron chi connectivity index (χ3n) is 6.58. The van der Waals surface area contributed by atoms with E-state index >= 15 is 0 Å². The summed E-state index contributed by atoms with van der Waals surface area (Å²) in [4.78, 5) is 42.8. The standard InChI is InChI=1S/C32H43FN2O7/c1-31(2,3)42-30(38)34(6)26(21-32(4,5)33)28(36)41-27(29(37)40-22-24-10-8-7-9-11-24)20-23-12-14-25(15-13-23)35-16-18-39-19-17-35/h7-15,26-27H,16-22H2,1-6H3/t26-,27+/m0/s1. The van der Waals surface area contributed by atoms with Crippen LogP contribution >= 0.6 is 0 Å². The molecule has 42 heavy (non-hydrogen) atoms. The molecule has 0 aliphatic carbocycles. The van der Waals surface area contributed by atoms with Crippen molar-refractivity contribution in [1.82, 2.24) is 4.90 Å². The van der Waals surface area contributed by atoms with Crippen LogP contribution in [0.3, 0.4) is 0 Å². The zero-order valence-corrected chi connectivity index (χ0v) is 25.4. The van der Waals surface area contributed by atoms with E-state index in [1.165, 1.54) is 20.9 Å². The third-order valence-corrected chi connectivity index (χ3v) is 6.58. The first kappa shape index (κ1) is 32.8. The topological polar surface area (TPSA) is 94.6 Å². The number of morpholine rings is 1. The molecule has 0 saturated carbocycles. The molecule has 2 aromatic carbocycles. The van der Waals surface area contributed by atoms with Crippen molar-refractivity contribution in [2.24, 2.45) is 0 Å². The lowest BCUT2D eigenvalue weighted by Crippen LogP contribution is -2.49. The van der Waals surface area contributed by atoms with Crippen molar-refractivity contribution in [3.8, 4) is 0 Å². The van der Waals surface area contributed by atoms with E-state index in [1.54, 1.807) is 20.8 Å². The summed E-state index contributed by atoms with van der Waals surface area (Å²) >= 11 is 0. The average molecular weight is 587 g/mol. The van der Waals surface area contributed by atoms with Gasteiger partial charge in [0.1, 0.15) is 23.9 Å². The Bertz CT molecular complexity index is 1170. The second-order valence-corrected chi connectivity index (χ2v) is 12.0. The Labute approximate surface area is 247 Å². The molecular formula is C32H43FN2O7. The summed E-state index contributed by atoms with van der Waals surface area (Å²) in [6.45, 7) is 10.5. The number of carbonyl (C=O) groups excluding carboxylic acids is 3. The second-order valence-electron chi connectivity index (χ2n) is 12.0. The van der Waals surface area contributed by atoms with Crippen molar-refractivity contribution in [2.45, 2.75) is 77.5 Å². The van der Waals surface area contributed by atoms with Crippen LogP contribution in [-0.2, 0) is 41.6 Å². The Morgan fingerprint density at radius 2 is 1.55 bits per heavy atom. The summed E-state index contributed by atoms with van der Waals surface area (Å²) < 4.78 is 36.9. The fraction of sp³-hybridized carbons (Fsp3) is 0.531. The summed E-state index contributed by atoms with van der Waals surface area (Å²) in [6, 6.07) is 15.4. The molecule has 9 nitrogen and oxygen atoms in total. The van der Waals surface area contributed by atoms with Crippen molar-refractivity contribution in [3.63, 3.8) is 0 Å². The van der Waals surface area contributed by atoms with Gasteiger partial charge in [0.05, 0.1) is 13.2 Å². The number of benzene rings is 2. The predicted molar refractivity (Wildman–Crippen MR) is 157 cm³/mol. The quantitative estimate of drug-likeness (QED) is 0.265. The van der Waals surface area contributed by atoms with E-state index in [2.05, 4.69) is 4.90 Å². The molecule has 0 N–H and O–H groups in total. The van der Waals surface area contributed by atoms with Gasteiger partial charge >= 0.3 is 18.0 Å². The first-order chi connectivity index (χ1) is 19.7. The predicted octanol–water partition coefficient (Wildman–Crippen LogP) is 5.09. The highest BCUT2D eigenvalue weighted by Gasteiger charge is 2.38. The zero-order valence-electron chi connectivity index (χ0n) is 25.4. The van der Waals surface area contributed by atoms with E-state index in [-0.39, 0.29) is 19.4 Å². The maximum Gasteiger partial charge on any atom is 0.410 e. The summed E-state index contributed by atoms with van der Waals surface area (Å²) in [7, 11) is 1.35. The molecule has 0 radical (unpaired) electrons.